The maximum absolute atomic E-state index is 13.9. The van der Waals surface area contributed by atoms with E-state index in [0.29, 0.717) is 42.4 Å². The molecule has 0 bridgehead atoms. The Morgan fingerprint density at radius 2 is 1.80 bits per heavy atom. The molecule has 0 radical (unpaired) electrons. The zero-order chi connectivity index (χ0) is 26.0. The smallest absolute Gasteiger partial charge is 0.310 e. The van der Waals surface area contributed by atoms with E-state index in [-0.39, 0.29) is 41.2 Å². The molecule has 4 aliphatic carbocycles. The lowest BCUT2D eigenvalue weighted by Crippen LogP contribution is -2.58. The summed E-state index contributed by atoms with van der Waals surface area (Å²) >= 11 is 0. The fourth-order valence-corrected chi connectivity index (χ4v) is 8.40. The largest absolute Gasteiger partial charge is 0.481 e. The number of carbonyl (C=O) groups excluding carboxylic acids is 2. The number of aliphatic hydroxyl groups excluding tert-OH is 2. The molecule has 4 rings (SSSR count). The second kappa shape index (κ2) is 8.95. The van der Waals surface area contributed by atoms with E-state index in [2.05, 4.69) is 20.4 Å². The Balaban J connectivity index is 1.66. The van der Waals surface area contributed by atoms with Crippen LogP contribution in [0.4, 0.5) is 0 Å². The van der Waals surface area contributed by atoms with E-state index in [0.717, 1.165) is 19.3 Å². The molecule has 194 valence electrons. The molecule has 0 heterocycles. The summed E-state index contributed by atoms with van der Waals surface area (Å²) in [4.78, 5) is 38.8. The van der Waals surface area contributed by atoms with E-state index < -0.39 is 34.9 Å². The van der Waals surface area contributed by atoms with Crippen molar-refractivity contribution in [1.29, 1.82) is 0 Å². The normalized spacial score (nSPS) is 42.7. The van der Waals surface area contributed by atoms with Gasteiger partial charge in [0.1, 0.15) is 6.10 Å². The highest BCUT2D eigenvalue weighted by Crippen LogP contribution is 2.65. The molecule has 2 fully saturated rings. The highest BCUT2D eigenvalue weighted by atomic mass is 16.4. The van der Waals surface area contributed by atoms with Crippen molar-refractivity contribution in [3.63, 3.8) is 0 Å². The maximum Gasteiger partial charge on any atom is 0.310 e. The molecule has 10 atom stereocenters. The number of aliphatic hydroxyl groups is 2. The molecule has 0 aromatic rings. The van der Waals surface area contributed by atoms with Gasteiger partial charge in [-0.3, -0.25) is 14.4 Å². The van der Waals surface area contributed by atoms with Crippen LogP contribution >= 0.6 is 0 Å². The van der Waals surface area contributed by atoms with Crippen molar-refractivity contribution in [2.24, 2.45) is 46.3 Å². The Bertz CT molecular complexity index is 980. The summed E-state index contributed by atoms with van der Waals surface area (Å²) in [5.41, 5.74) is 0.709. The monoisotopic (exact) mass is 486 g/mol. The van der Waals surface area contributed by atoms with Gasteiger partial charge in [0.25, 0.3) is 0 Å². The Morgan fingerprint density at radius 1 is 1.14 bits per heavy atom. The zero-order valence-electron chi connectivity index (χ0n) is 21.8. The number of carboxylic acid groups (broad SMARTS) is 1. The molecule has 0 spiro atoms. The Kier molecular flexibility index (Phi) is 6.72. The van der Waals surface area contributed by atoms with Gasteiger partial charge in [-0.25, -0.2) is 0 Å². The third-order valence-corrected chi connectivity index (χ3v) is 10.9. The van der Waals surface area contributed by atoms with Gasteiger partial charge in [-0.15, -0.1) is 0 Å². The molecule has 3 N–H and O–H groups in total. The molecule has 0 saturated heterocycles. The van der Waals surface area contributed by atoms with Crippen molar-refractivity contribution in [2.75, 3.05) is 0 Å². The maximum atomic E-state index is 13.9. The number of hydrogen-bond donors (Lipinski definition) is 3. The van der Waals surface area contributed by atoms with E-state index in [1.807, 2.05) is 13.8 Å². The van der Waals surface area contributed by atoms with Crippen LogP contribution in [0.5, 0.6) is 0 Å². The molecule has 6 nitrogen and oxygen atoms in total. The average molecular weight is 487 g/mol. The summed E-state index contributed by atoms with van der Waals surface area (Å²) in [5.74, 6) is -1.84. The van der Waals surface area contributed by atoms with Crippen molar-refractivity contribution in [1.82, 2.24) is 0 Å². The van der Waals surface area contributed by atoms with E-state index >= 15 is 0 Å². The van der Waals surface area contributed by atoms with E-state index in [9.17, 15) is 29.7 Å². The minimum Gasteiger partial charge on any atom is -0.481 e. The predicted octanol–water partition coefficient (Wildman–Crippen LogP) is 4.34. The van der Waals surface area contributed by atoms with Crippen molar-refractivity contribution < 1.29 is 29.7 Å². The van der Waals surface area contributed by atoms with Crippen LogP contribution in [0.3, 0.4) is 0 Å². The molecule has 35 heavy (non-hydrogen) atoms. The van der Waals surface area contributed by atoms with E-state index in [1.54, 1.807) is 6.92 Å². The van der Waals surface area contributed by atoms with Gasteiger partial charge in [0.2, 0.25) is 0 Å². The van der Waals surface area contributed by atoms with Crippen molar-refractivity contribution in [3.8, 4) is 0 Å². The van der Waals surface area contributed by atoms with Crippen LogP contribution in [0.15, 0.2) is 23.3 Å². The van der Waals surface area contributed by atoms with Gasteiger partial charge in [-0.2, -0.15) is 0 Å². The third kappa shape index (κ3) is 3.78. The van der Waals surface area contributed by atoms with Crippen molar-refractivity contribution >= 4 is 17.5 Å². The molecule has 4 aliphatic rings. The number of carbonyl (C=O) groups is 3. The number of Topliss-reactive ketones (excluding diaryl/α,β-unsaturated/α-hetero) is 2. The first-order valence-corrected chi connectivity index (χ1v) is 13.3. The minimum atomic E-state index is -1.16. The number of ketones is 2. The van der Waals surface area contributed by atoms with Gasteiger partial charge in [0.15, 0.2) is 11.6 Å². The molecule has 2 saturated carbocycles. The van der Waals surface area contributed by atoms with Gasteiger partial charge < -0.3 is 15.3 Å². The molecule has 6 heteroatoms. The third-order valence-electron chi connectivity index (χ3n) is 10.9. The topological polar surface area (TPSA) is 112 Å². The summed E-state index contributed by atoms with van der Waals surface area (Å²) in [6, 6.07) is 0. The molecular weight excluding hydrogens is 444 g/mol. The minimum absolute atomic E-state index is 0.0249. The summed E-state index contributed by atoms with van der Waals surface area (Å²) in [7, 11) is 0. The quantitative estimate of drug-likeness (QED) is 0.482. The lowest BCUT2D eigenvalue weighted by atomic mass is 9.47. The van der Waals surface area contributed by atoms with Gasteiger partial charge in [0.05, 0.1) is 12.0 Å². The van der Waals surface area contributed by atoms with Gasteiger partial charge in [-0.1, -0.05) is 39.8 Å². The van der Waals surface area contributed by atoms with Crippen LogP contribution < -0.4 is 0 Å². The first-order chi connectivity index (χ1) is 16.3. The second-order valence-electron chi connectivity index (χ2n) is 12.5. The first-order valence-electron chi connectivity index (χ1n) is 13.3. The fourth-order valence-electron chi connectivity index (χ4n) is 8.40. The van der Waals surface area contributed by atoms with Gasteiger partial charge in [0, 0.05) is 28.4 Å². The Morgan fingerprint density at radius 3 is 2.43 bits per heavy atom. The van der Waals surface area contributed by atoms with Crippen molar-refractivity contribution in [3.05, 3.63) is 23.3 Å². The number of carboxylic acids is 1. The zero-order valence-corrected chi connectivity index (χ0v) is 21.8. The summed E-state index contributed by atoms with van der Waals surface area (Å²) < 4.78 is 0. The molecular formula is C29H42O6. The van der Waals surface area contributed by atoms with Crippen LogP contribution in [0.25, 0.3) is 0 Å². The molecule has 0 aromatic heterocycles. The van der Waals surface area contributed by atoms with Crippen LogP contribution in [0.1, 0.15) is 79.6 Å². The lowest BCUT2D eigenvalue weighted by Gasteiger charge is -2.56. The summed E-state index contributed by atoms with van der Waals surface area (Å²) in [6.07, 6.45) is 2.90. The highest BCUT2D eigenvalue weighted by molar-refractivity contribution is 6.12. The van der Waals surface area contributed by atoms with E-state index in [4.69, 9.17) is 0 Å². The van der Waals surface area contributed by atoms with Crippen LogP contribution in [0.2, 0.25) is 0 Å². The van der Waals surface area contributed by atoms with Crippen LogP contribution in [-0.4, -0.2) is 45.1 Å². The molecule has 0 unspecified atom stereocenters. The summed E-state index contributed by atoms with van der Waals surface area (Å²) in [6.45, 7) is 13.8. The van der Waals surface area contributed by atoms with Gasteiger partial charge in [-0.05, 0) is 75.0 Å². The van der Waals surface area contributed by atoms with Crippen molar-refractivity contribution in [2.45, 2.75) is 91.8 Å². The molecule has 0 aromatic carbocycles. The Labute approximate surface area is 208 Å². The second-order valence-corrected chi connectivity index (χ2v) is 12.5. The highest BCUT2D eigenvalue weighted by Gasteiger charge is 2.65. The molecule has 0 amide bonds. The van der Waals surface area contributed by atoms with Crippen LogP contribution in [0, 0.1) is 46.3 Å². The number of hydrogen-bond acceptors (Lipinski definition) is 5. The number of rotatable bonds is 6. The number of allylic oxidation sites excluding steroid dienone is 1. The number of aliphatic carboxylic acids is 1. The lowest BCUT2D eigenvalue weighted by molar-refractivity contribution is -0.145. The SMILES string of the molecule is C=C(CC[C@@H](C)[C@H]1CC[C@H]2C3=C(C(=O)[C@H](O)[C@]12C)[C@@]1(C)CC[C@@H](O)[C@@H](C)[C@@H]1CC3=O)[C@@H](C)C(=O)O. The fraction of sp³-hybridized carbons (Fsp3) is 0.759. The predicted molar refractivity (Wildman–Crippen MR) is 132 cm³/mol. The molecule has 0 aliphatic heterocycles. The van der Waals surface area contributed by atoms with E-state index in [1.165, 1.54) is 0 Å². The number of fused-ring (bicyclic) bond motifs is 4. The first kappa shape index (κ1) is 26.3. The van der Waals surface area contributed by atoms with Gasteiger partial charge >= 0.3 is 5.97 Å². The standard InChI is InChI=1S/C29H42O6/c1-14(16(3)27(34)35)7-8-15(2)18-9-10-19-23-22(31)13-20-17(4)21(30)11-12-28(20,5)24(23)25(32)26(33)29(18,19)6/h15-21,26,30,33H,1,7-13H2,2-6H3,(H,34,35)/t15-,16-,17+,18-,19+,20+,21-,26+,28+,29-/m1/s1. The van der Waals surface area contributed by atoms with Crippen LogP contribution in [-0.2, 0) is 14.4 Å². The summed E-state index contributed by atoms with van der Waals surface area (Å²) in [5, 5.41) is 31.3. The average Bonchev–Trinajstić information content (AvgIpc) is 3.16. The Hall–Kier alpha value is -1.79.